The number of hydrogen-bond acceptors (Lipinski definition) is 5. The molecule has 0 saturated heterocycles. The Hall–Kier alpha value is -2.15. The minimum atomic E-state index is -0.912. The molecule has 0 unspecified atom stereocenters. The highest BCUT2D eigenvalue weighted by atomic mass is 32.1. The van der Waals surface area contributed by atoms with Crippen molar-refractivity contribution in [2.45, 2.75) is 38.8 Å². The Morgan fingerprint density at radius 3 is 3.13 bits per heavy atom. The monoisotopic (exact) mass is 332 g/mol. The Bertz CT molecular complexity index is 707. The summed E-state index contributed by atoms with van der Waals surface area (Å²) in [5.74, 6) is 0.867. The first kappa shape index (κ1) is 15.7. The molecule has 0 bridgehead atoms. The van der Waals surface area contributed by atoms with E-state index < -0.39 is 5.60 Å². The number of imidazole rings is 1. The summed E-state index contributed by atoms with van der Waals surface area (Å²) in [6.07, 6.45) is 5.07. The van der Waals surface area contributed by atoms with Gasteiger partial charge in [-0.1, -0.05) is 11.2 Å². The zero-order valence-electron chi connectivity index (χ0n) is 13.3. The van der Waals surface area contributed by atoms with Crippen molar-refractivity contribution < 1.29 is 9.63 Å². The predicted molar refractivity (Wildman–Crippen MR) is 89.6 cm³/mol. The second kappa shape index (κ2) is 6.54. The van der Waals surface area contributed by atoms with Crippen LogP contribution in [0.5, 0.6) is 0 Å². The molecule has 0 radical (unpaired) electrons. The molecule has 0 aliphatic carbocycles. The average molecular weight is 332 g/mol. The maximum Gasteiger partial charge on any atom is 0.267 e. The van der Waals surface area contributed by atoms with Crippen LogP contribution in [-0.4, -0.2) is 33.3 Å². The Morgan fingerprint density at radius 2 is 2.43 bits per heavy atom. The number of carbonyl (C=O) groups is 1. The van der Waals surface area contributed by atoms with Gasteiger partial charge < -0.3 is 14.7 Å². The van der Waals surface area contributed by atoms with Gasteiger partial charge in [-0.3, -0.25) is 4.79 Å². The van der Waals surface area contributed by atoms with Crippen molar-refractivity contribution in [1.29, 1.82) is 0 Å². The molecule has 23 heavy (non-hydrogen) atoms. The lowest BCUT2D eigenvalue weighted by Crippen LogP contribution is -2.45. The first-order chi connectivity index (χ1) is 11.1. The molecular weight excluding hydrogens is 312 g/mol. The largest absolute Gasteiger partial charge is 0.379 e. The molecule has 3 rings (SSSR count). The summed E-state index contributed by atoms with van der Waals surface area (Å²) in [7, 11) is 0. The highest BCUT2D eigenvalue weighted by Gasteiger charge is 2.42. The first-order valence-electron chi connectivity index (χ1n) is 7.63. The quantitative estimate of drug-likeness (QED) is 0.826. The van der Waals surface area contributed by atoms with Crippen molar-refractivity contribution in [1.82, 2.24) is 14.9 Å². The van der Waals surface area contributed by atoms with Crippen LogP contribution < -0.4 is 5.32 Å². The van der Waals surface area contributed by atoms with Gasteiger partial charge in [0.15, 0.2) is 0 Å². The normalized spacial score (nSPS) is 20.2. The molecule has 0 spiro atoms. The van der Waals surface area contributed by atoms with Crippen molar-refractivity contribution in [3.8, 4) is 0 Å². The van der Waals surface area contributed by atoms with Crippen molar-refractivity contribution in [3.63, 3.8) is 0 Å². The van der Waals surface area contributed by atoms with Gasteiger partial charge in [-0.15, -0.1) is 11.3 Å². The number of rotatable bonds is 6. The second-order valence-electron chi connectivity index (χ2n) is 5.79. The van der Waals surface area contributed by atoms with Crippen LogP contribution in [0.15, 0.2) is 35.1 Å². The van der Waals surface area contributed by atoms with Gasteiger partial charge in [-0.2, -0.15) is 0 Å². The lowest BCUT2D eigenvalue weighted by atomic mass is 9.98. The number of aromatic nitrogens is 2. The van der Waals surface area contributed by atoms with E-state index in [0.717, 1.165) is 29.4 Å². The Morgan fingerprint density at radius 1 is 1.57 bits per heavy atom. The molecule has 1 atom stereocenters. The first-order valence-corrected chi connectivity index (χ1v) is 8.51. The summed E-state index contributed by atoms with van der Waals surface area (Å²) in [6.45, 7) is 5.19. The van der Waals surface area contributed by atoms with E-state index in [4.69, 9.17) is 4.84 Å². The van der Waals surface area contributed by atoms with Gasteiger partial charge in [0.25, 0.3) is 5.91 Å². The van der Waals surface area contributed by atoms with Crippen molar-refractivity contribution >= 4 is 23.0 Å². The summed E-state index contributed by atoms with van der Waals surface area (Å²) in [5.41, 5.74) is -0.0729. The molecule has 2 aromatic rings. The van der Waals surface area contributed by atoms with Crippen LogP contribution in [-0.2, 0) is 16.2 Å². The minimum Gasteiger partial charge on any atom is -0.379 e. The van der Waals surface area contributed by atoms with Gasteiger partial charge in [-0.05, 0) is 31.7 Å². The van der Waals surface area contributed by atoms with Gasteiger partial charge in [0.2, 0.25) is 5.60 Å². The average Bonchev–Trinajstić information content (AvgIpc) is 3.25. The SMILES string of the molecule is Cc1nccn1CCCNC(=O)[C@]1(C)CC(c2cccs2)=NO1. The number of amides is 1. The van der Waals surface area contributed by atoms with Gasteiger partial charge >= 0.3 is 0 Å². The molecule has 0 aromatic carbocycles. The standard InChI is InChI=1S/C16H20N4O2S/c1-12-17-7-9-20(12)8-4-6-18-15(21)16(2)11-13(19-22-16)14-5-3-10-23-14/h3,5,7,9-10H,4,6,8,11H2,1-2H3,(H,18,21)/t16-/m0/s1. The highest BCUT2D eigenvalue weighted by molar-refractivity contribution is 7.12. The van der Waals surface area contributed by atoms with Gasteiger partial charge in [0.1, 0.15) is 11.5 Å². The van der Waals surface area contributed by atoms with E-state index in [2.05, 4.69) is 20.0 Å². The van der Waals surface area contributed by atoms with E-state index in [-0.39, 0.29) is 5.91 Å². The zero-order chi connectivity index (χ0) is 16.3. The van der Waals surface area contributed by atoms with Crippen molar-refractivity contribution in [3.05, 3.63) is 40.6 Å². The van der Waals surface area contributed by atoms with E-state index >= 15 is 0 Å². The Balaban J connectivity index is 1.46. The number of thiophene rings is 1. The van der Waals surface area contributed by atoms with Crippen LogP contribution >= 0.6 is 11.3 Å². The Kier molecular flexibility index (Phi) is 4.47. The van der Waals surface area contributed by atoms with Crippen molar-refractivity contribution in [2.75, 3.05) is 6.54 Å². The predicted octanol–water partition coefficient (Wildman–Crippen LogP) is 2.34. The van der Waals surface area contributed by atoms with Gasteiger partial charge in [-0.25, -0.2) is 4.98 Å². The number of nitrogens with zero attached hydrogens (tertiary/aromatic N) is 3. The zero-order valence-corrected chi connectivity index (χ0v) is 14.1. The minimum absolute atomic E-state index is 0.116. The molecule has 2 aromatic heterocycles. The molecular formula is C16H20N4O2S. The van der Waals surface area contributed by atoms with Crippen LogP contribution in [0.4, 0.5) is 0 Å². The highest BCUT2D eigenvalue weighted by Crippen LogP contribution is 2.28. The van der Waals surface area contributed by atoms with E-state index in [1.807, 2.05) is 30.6 Å². The fourth-order valence-corrected chi connectivity index (χ4v) is 3.22. The number of nitrogens with one attached hydrogen (secondary N) is 1. The third-order valence-corrected chi connectivity index (χ3v) is 4.85. The molecule has 1 N–H and O–H groups in total. The topological polar surface area (TPSA) is 68.5 Å². The van der Waals surface area contributed by atoms with Crippen LogP contribution in [0.25, 0.3) is 0 Å². The molecule has 122 valence electrons. The lowest BCUT2D eigenvalue weighted by molar-refractivity contribution is -0.141. The van der Waals surface area contributed by atoms with Crippen LogP contribution in [0.3, 0.4) is 0 Å². The fourth-order valence-electron chi connectivity index (χ4n) is 2.51. The number of oxime groups is 1. The van der Waals surface area contributed by atoms with Gasteiger partial charge in [0, 0.05) is 31.9 Å². The fraction of sp³-hybridized carbons (Fsp3) is 0.438. The van der Waals surface area contributed by atoms with E-state index in [1.54, 1.807) is 24.5 Å². The molecule has 6 nitrogen and oxygen atoms in total. The smallest absolute Gasteiger partial charge is 0.267 e. The number of hydrogen-bond donors (Lipinski definition) is 1. The van der Waals surface area contributed by atoms with E-state index in [9.17, 15) is 4.79 Å². The van der Waals surface area contributed by atoms with E-state index in [1.165, 1.54) is 0 Å². The summed E-state index contributed by atoms with van der Waals surface area (Å²) < 4.78 is 2.07. The third kappa shape index (κ3) is 3.44. The van der Waals surface area contributed by atoms with Crippen LogP contribution in [0.1, 0.15) is 30.5 Å². The molecule has 3 heterocycles. The summed E-state index contributed by atoms with van der Waals surface area (Å²) >= 11 is 1.60. The molecule has 1 amide bonds. The van der Waals surface area contributed by atoms with Gasteiger partial charge in [0.05, 0.1) is 4.88 Å². The number of carbonyl (C=O) groups excluding carboxylic acids is 1. The molecule has 0 fully saturated rings. The van der Waals surface area contributed by atoms with Crippen LogP contribution in [0.2, 0.25) is 0 Å². The molecule has 7 heteroatoms. The van der Waals surface area contributed by atoms with E-state index in [0.29, 0.717) is 13.0 Å². The maximum atomic E-state index is 12.4. The van der Waals surface area contributed by atoms with Crippen molar-refractivity contribution in [2.24, 2.45) is 5.16 Å². The lowest BCUT2D eigenvalue weighted by Gasteiger charge is -2.20. The van der Waals surface area contributed by atoms with Crippen LogP contribution in [0, 0.1) is 6.92 Å². The second-order valence-corrected chi connectivity index (χ2v) is 6.74. The summed E-state index contributed by atoms with van der Waals surface area (Å²) in [4.78, 5) is 23.0. The Labute approximate surface area is 139 Å². The maximum absolute atomic E-state index is 12.4. The molecule has 0 saturated carbocycles. The molecule has 1 aliphatic heterocycles. The summed E-state index contributed by atoms with van der Waals surface area (Å²) in [5, 5.41) is 9.02. The number of aryl methyl sites for hydroxylation is 2. The molecule has 1 aliphatic rings. The summed E-state index contributed by atoms with van der Waals surface area (Å²) in [6, 6.07) is 3.96. The third-order valence-electron chi connectivity index (χ3n) is 3.93.